The summed E-state index contributed by atoms with van der Waals surface area (Å²) in [6.45, 7) is 8.98. The Balaban J connectivity index is 1.67. The number of carbonyl (C=O) groups is 4. The number of ether oxygens (including phenoxy) is 3. The largest absolute Gasteiger partial charge is 0.463 e. The molecule has 0 bridgehead atoms. The summed E-state index contributed by atoms with van der Waals surface area (Å²) < 4.78 is 15.7. The molecule has 9 heteroatoms. The number of esters is 2. The van der Waals surface area contributed by atoms with Gasteiger partial charge in [0.2, 0.25) is 5.91 Å². The highest BCUT2D eigenvalue weighted by atomic mass is 16.6. The van der Waals surface area contributed by atoms with Crippen LogP contribution in [0.3, 0.4) is 0 Å². The molecule has 1 aromatic rings. The number of anilines is 1. The van der Waals surface area contributed by atoms with Crippen molar-refractivity contribution >= 4 is 29.3 Å². The van der Waals surface area contributed by atoms with Crippen LogP contribution >= 0.6 is 0 Å². The lowest BCUT2D eigenvalue weighted by atomic mass is 9.69. The van der Waals surface area contributed by atoms with E-state index in [9.17, 15) is 19.2 Å². The molecule has 1 aliphatic heterocycles. The molecule has 9 nitrogen and oxygen atoms in total. The Morgan fingerprint density at radius 3 is 2.36 bits per heavy atom. The lowest BCUT2D eigenvalue weighted by molar-refractivity contribution is -0.164. The Bertz CT molecular complexity index is 1030. The fourth-order valence-corrected chi connectivity index (χ4v) is 4.38. The fourth-order valence-electron chi connectivity index (χ4n) is 4.38. The first kappa shape index (κ1) is 27.8. The van der Waals surface area contributed by atoms with E-state index in [1.807, 2.05) is 6.07 Å². The van der Waals surface area contributed by atoms with Crippen LogP contribution in [0.4, 0.5) is 5.69 Å². The van der Waals surface area contributed by atoms with Crippen LogP contribution in [0.15, 0.2) is 18.2 Å². The molecule has 1 heterocycles. The predicted molar refractivity (Wildman–Crippen MR) is 131 cm³/mol. The van der Waals surface area contributed by atoms with Gasteiger partial charge in [0, 0.05) is 23.1 Å². The molecular weight excluding hydrogens is 466 g/mol. The van der Waals surface area contributed by atoms with Crippen LogP contribution in [0.2, 0.25) is 0 Å². The van der Waals surface area contributed by atoms with Crippen molar-refractivity contribution in [2.24, 2.45) is 16.2 Å². The molecule has 1 amide bonds. The number of aliphatic hydroxyl groups is 1. The summed E-state index contributed by atoms with van der Waals surface area (Å²) in [7, 11) is 0. The maximum Gasteiger partial charge on any atom is 0.311 e. The summed E-state index contributed by atoms with van der Waals surface area (Å²) >= 11 is 0. The van der Waals surface area contributed by atoms with Gasteiger partial charge in [-0.15, -0.1) is 0 Å². The maximum atomic E-state index is 13.1. The molecule has 1 aliphatic carbocycles. The molecule has 2 unspecified atom stereocenters. The van der Waals surface area contributed by atoms with E-state index >= 15 is 0 Å². The van der Waals surface area contributed by atoms with E-state index in [0.29, 0.717) is 30.7 Å². The summed E-state index contributed by atoms with van der Waals surface area (Å²) in [5.74, 6) is -1.17. The second-order valence-electron chi connectivity index (χ2n) is 11.3. The summed E-state index contributed by atoms with van der Waals surface area (Å²) in [6, 6.07) is 5.30. The van der Waals surface area contributed by atoms with Gasteiger partial charge in [-0.3, -0.25) is 19.2 Å². The Morgan fingerprint density at radius 1 is 1.06 bits per heavy atom. The average molecular weight is 504 g/mol. The van der Waals surface area contributed by atoms with Gasteiger partial charge >= 0.3 is 11.9 Å². The molecule has 3 rings (SSSR count). The quantitative estimate of drug-likeness (QED) is 0.310. The molecule has 2 N–H and O–H groups in total. The van der Waals surface area contributed by atoms with Crippen LogP contribution in [0.1, 0.15) is 69.8 Å². The van der Waals surface area contributed by atoms with Crippen molar-refractivity contribution in [2.75, 3.05) is 31.7 Å². The highest BCUT2D eigenvalue weighted by Crippen LogP contribution is 2.42. The number of hydrogen-bond acceptors (Lipinski definition) is 8. The Kier molecular flexibility index (Phi) is 8.25. The molecule has 198 valence electrons. The zero-order valence-electron chi connectivity index (χ0n) is 21.8. The van der Waals surface area contributed by atoms with Gasteiger partial charge in [0.1, 0.15) is 19.3 Å². The minimum Gasteiger partial charge on any atom is -0.463 e. The summed E-state index contributed by atoms with van der Waals surface area (Å²) in [5.41, 5.74) is -0.805. The first-order chi connectivity index (χ1) is 16.8. The molecule has 2 atom stereocenters. The standard InChI is InChI=1S/C27H37NO8/c1-25(2,22(31)28-18-7-6-17-12-21(30)20(17)13-18)8-9-27(5,24(33)34-11-10-29)16-26(3,4)23(32)36-15-19-14-35-19/h6-7,13,19,29H,8-12,14-16H2,1-5H3,(H,28,31). The van der Waals surface area contributed by atoms with Crippen molar-refractivity contribution in [3.05, 3.63) is 29.3 Å². The molecule has 1 saturated heterocycles. The van der Waals surface area contributed by atoms with Crippen molar-refractivity contribution < 1.29 is 38.5 Å². The van der Waals surface area contributed by atoms with E-state index in [1.165, 1.54) is 0 Å². The normalized spacial score (nSPS) is 18.4. The SMILES string of the molecule is CC(C)(CCC(C)(CC(C)(C)C(=O)OCC1CO1)C(=O)OCCO)C(=O)Nc1ccc2c(c1)C(=O)C2. The van der Waals surface area contributed by atoms with Crippen LogP contribution in [0.5, 0.6) is 0 Å². The molecule has 1 aromatic carbocycles. The van der Waals surface area contributed by atoms with E-state index in [4.69, 9.17) is 19.3 Å². The number of carbonyl (C=O) groups excluding carboxylic acids is 4. The molecular formula is C27H37NO8. The monoisotopic (exact) mass is 503 g/mol. The van der Waals surface area contributed by atoms with E-state index < -0.39 is 28.2 Å². The molecule has 1 fully saturated rings. The number of aliphatic hydroxyl groups excluding tert-OH is 1. The smallest absolute Gasteiger partial charge is 0.311 e. The third-order valence-electron chi connectivity index (χ3n) is 6.94. The molecule has 0 spiro atoms. The lowest BCUT2D eigenvalue weighted by Gasteiger charge is -2.36. The first-order valence-electron chi connectivity index (χ1n) is 12.3. The third-order valence-corrected chi connectivity index (χ3v) is 6.94. The highest BCUT2D eigenvalue weighted by Gasteiger charge is 2.45. The van der Waals surface area contributed by atoms with Crippen LogP contribution in [0.25, 0.3) is 0 Å². The van der Waals surface area contributed by atoms with Gasteiger partial charge < -0.3 is 24.6 Å². The van der Waals surface area contributed by atoms with Gasteiger partial charge in [0.15, 0.2) is 5.78 Å². The van der Waals surface area contributed by atoms with Crippen molar-refractivity contribution in [1.82, 2.24) is 0 Å². The van der Waals surface area contributed by atoms with Crippen LogP contribution in [-0.4, -0.2) is 61.3 Å². The van der Waals surface area contributed by atoms with Crippen LogP contribution < -0.4 is 5.32 Å². The number of hydrogen-bond donors (Lipinski definition) is 2. The van der Waals surface area contributed by atoms with Crippen molar-refractivity contribution in [1.29, 1.82) is 0 Å². The number of Topliss-reactive ketones (excluding diaryl/α,β-unsaturated/α-hetero) is 1. The fraction of sp³-hybridized carbons (Fsp3) is 0.630. The van der Waals surface area contributed by atoms with E-state index in [2.05, 4.69) is 5.32 Å². The molecule has 0 aromatic heterocycles. The Morgan fingerprint density at radius 2 is 1.75 bits per heavy atom. The van der Waals surface area contributed by atoms with E-state index in [0.717, 1.165) is 5.56 Å². The second-order valence-corrected chi connectivity index (χ2v) is 11.3. The van der Waals surface area contributed by atoms with Gasteiger partial charge in [0.05, 0.1) is 24.0 Å². The molecule has 2 aliphatic rings. The summed E-state index contributed by atoms with van der Waals surface area (Å²) in [5, 5.41) is 12.0. The highest BCUT2D eigenvalue weighted by molar-refractivity contribution is 6.08. The van der Waals surface area contributed by atoms with Crippen molar-refractivity contribution in [3.63, 3.8) is 0 Å². The number of ketones is 1. The third kappa shape index (κ3) is 6.70. The number of epoxide rings is 1. The Hall–Kier alpha value is -2.78. The Labute approximate surface area is 211 Å². The van der Waals surface area contributed by atoms with E-state index in [-0.39, 0.29) is 50.5 Å². The minimum absolute atomic E-state index is 0.0586. The predicted octanol–water partition coefficient (Wildman–Crippen LogP) is 3.07. The second kappa shape index (κ2) is 10.7. The minimum atomic E-state index is -1.10. The van der Waals surface area contributed by atoms with Gasteiger partial charge in [-0.05, 0) is 57.7 Å². The lowest BCUT2D eigenvalue weighted by Crippen LogP contribution is -2.41. The van der Waals surface area contributed by atoms with Crippen LogP contribution in [-0.2, 0) is 35.0 Å². The number of nitrogens with one attached hydrogen (secondary N) is 1. The average Bonchev–Trinajstić information content (AvgIpc) is 3.64. The van der Waals surface area contributed by atoms with Crippen LogP contribution in [0, 0.1) is 16.2 Å². The summed E-state index contributed by atoms with van der Waals surface area (Å²) in [6.07, 6.45) is 1.10. The van der Waals surface area contributed by atoms with Gasteiger partial charge in [0.25, 0.3) is 0 Å². The van der Waals surface area contributed by atoms with E-state index in [1.54, 1.807) is 46.8 Å². The van der Waals surface area contributed by atoms with Crippen molar-refractivity contribution in [3.8, 4) is 0 Å². The topological polar surface area (TPSA) is 132 Å². The molecule has 0 saturated carbocycles. The zero-order valence-corrected chi connectivity index (χ0v) is 21.8. The molecule has 0 radical (unpaired) electrons. The number of fused-ring (bicyclic) bond motifs is 1. The van der Waals surface area contributed by atoms with Gasteiger partial charge in [-0.25, -0.2) is 0 Å². The molecule has 36 heavy (non-hydrogen) atoms. The maximum absolute atomic E-state index is 13.1. The van der Waals surface area contributed by atoms with Crippen molar-refractivity contribution in [2.45, 2.75) is 66.4 Å². The first-order valence-corrected chi connectivity index (χ1v) is 12.3. The van der Waals surface area contributed by atoms with Gasteiger partial charge in [-0.1, -0.05) is 19.9 Å². The zero-order chi connectivity index (χ0) is 26.7. The number of benzene rings is 1. The summed E-state index contributed by atoms with van der Waals surface area (Å²) in [4.78, 5) is 50.6. The van der Waals surface area contributed by atoms with Gasteiger partial charge in [-0.2, -0.15) is 0 Å². The number of amides is 1. The number of rotatable bonds is 13.